The second-order valence-electron chi connectivity index (χ2n) is 11.0. The van der Waals surface area contributed by atoms with Gasteiger partial charge in [-0.2, -0.15) is 0 Å². The van der Waals surface area contributed by atoms with Crippen LogP contribution in [0.1, 0.15) is 73.9 Å². The van der Waals surface area contributed by atoms with Gasteiger partial charge in [-0.1, -0.05) is 41.6 Å². The number of nitrogens with zero attached hydrogens (tertiary/aromatic N) is 3. The van der Waals surface area contributed by atoms with Crippen LogP contribution in [-0.2, 0) is 17.9 Å². The number of hydrogen-bond acceptors (Lipinski definition) is 6. The van der Waals surface area contributed by atoms with Crippen molar-refractivity contribution in [3.63, 3.8) is 0 Å². The van der Waals surface area contributed by atoms with Crippen molar-refractivity contribution >= 4 is 17.5 Å². The van der Waals surface area contributed by atoms with Gasteiger partial charge in [-0.25, -0.2) is 8.78 Å². The standard InChI is InChI=1S/C31H30F2N4O5/c1-18-13-31(42-35-18)11-10-19(2)36-16-25(31)37-15-23(29(39)34-14-21-8-9-22(32)12-24(21)33)27(38)28(26(37)30(36)40)41-17-20-6-4-3-5-7-20/h3-9,12,15,19,25H,10-11,13-14,16-17H2,1-2H3,(H,34,39)/t19-,25+,31-/m0/s1/i14D2,34+1. The molecule has 3 aliphatic heterocycles. The molecule has 2 aromatic carbocycles. The van der Waals surface area contributed by atoms with Crippen LogP contribution in [0.4, 0.5) is 8.78 Å². The Balaban J connectivity index is 1.48. The summed E-state index contributed by atoms with van der Waals surface area (Å²) in [5, 5.41) is 6.27. The third-order valence-corrected chi connectivity index (χ3v) is 8.14. The number of oxime groups is 1. The highest BCUT2D eigenvalue weighted by molar-refractivity contribution is 5.99. The number of rotatable bonds is 6. The molecular weight excluding hydrogens is 547 g/mol. The SMILES string of the molecule is [2H]C([2H])([15NH]C(=O)c1cn2c(c(OCc3ccccc3)c1=O)C(=O)N1C[C@@H]2[C@]2(CC[C@@H]1C)CC(C)=NO2)c1ccc(F)cc1F. The lowest BCUT2D eigenvalue weighted by Crippen LogP contribution is -2.52. The van der Waals surface area contributed by atoms with E-state index in [1.165, 1.54) is 10.8 Å². The van der Waals surface area contributed by atoms with E-state index in [4.69, 9.17) is 12.3 Å². The Bertz CT molecular complexity index is 1750. The van der Waals surface area contributed by atoms with E-state index in [2.05, 4.69) is 10.5 Å². The maximum Gasteiger partial charge on any atom is 0.274 e. The minimum absolute atomic E-state index is 0.0485. The van der Waals surface area contributed by atoms with Gasteiger partial charge >= 0.3 is 0 Å². The van der Waals surface area contributed by atoms with E-state index in [1.807, 2.05) is 19.9 Å². The number of aromatic nitrogens is 1. The molecule has 42 heavy (non-hydrogen) atoms. The lowest BCUT2D eigenvalue weighted by molar-refractivity contribution is -0.0656. The molecule has 11 heteroatoms. The first-order chi connectivity index (χ1) is 20.9. The third-order valence-electron chi connectivity index (χ3n) is 8.14. The van der Waals surface area contributed by atoms with E-state index in [-0.39, 0.29) is 30.6 Å². The molecule has 3 aromatic rings. The first-order valence-electron chi connectivity index (χ1n) is 14.7. The molecule has 3 aliphatic rings. The molecule has 0 unspecified atom stereocenters. The van der Waals surface area contributed by atoms with Gasteiger partial charge in [0.15, 0.2) is 17.0 Å². The van der Waals surface area contributed by atoms with Gasteiger partial charge in [0.1, 0.15) is 23.8 Å². The molecule has 1 spiro atoms. The van der Waals surface area contributed by atoms with Crippen LogP contribution in [0.3, 0.4) is 0 Å². The molecule has 2 amide bonds. The number of nitrogens with one attached hydrogen (secondary N) is 1. The van der Waals surface area contributed by atoms with E-state index in [1.54, 1.807) is 29.2 Å². The van der Waals surface area contributed by atoms with Crippen molar-refractivity contribution in [1.29, 1.82) is 0 Å². The number of pyridine rings is 1. The zero-order chi connectivity index (χ0) is 31.4. The van der Waals surface area contributed by atoms with Crippen molar-refractivity contribution in [3.8, 4) is 5.75 Å². The first kappa shape index (κ1) is 25.2. The fraction of sp³-hybridized carbons (Fsp3) is 0.355. The fourth-order valence-corrected chi connectivity index (χ4v) is 5.92. The number of hydrogen-bond donors (Lipinski definition) is 1. The molecular formula is C31H30F2N4O5. The summed E-state index contributed by atoms with van der Waals surface area (Å²) in [7, 11) is 0. The molecule has 1 N–H and O–H groups in total. The molecule has 3 atom stereocenters. The highest BCUT2D eigenvalue weighted by Crippen LogP contribution is 2.46. The van der Waals surface area contributed by atoms with Gasteiger partial charge in [0.25, 0.3) is 11.8 Å². The van der Waals surface area contributed by atoms with E-state index >= 15 is 0 Å². The predicted molar refractivity (Wildman–Crippen MR) is 149 cm³/mol. The molecule has 2 bridgehead atoms. The molecule has 1 fully saturated rings. The van der Waals surface area contributed by atoms with E-state index < -0.39 is 58.1 Å². The van der Waals surface area contributed by atoms with Gasteiger partial charge in [-0.05, 0) is 38.3 Å². The van der Waals surface area contributed by atoms with Crippen LogP contribution in [-0.4, -0.2) is 45.2 Å². The largest absolute Gasteiger partial charge is 0.483 e. The smallest absolute Gasteiger partial charge is 0.274 e. The molecule has 1 aromatic heterocycles. The van der Waals surface area contributed by atoms with Crippen LogP contribution >= 0.6 is 0 Å². The number of amides is 2. The summed E-state index contributed by atoms with van der Waals surface area (Å²) in [5.41, 5.74) is -1.53. The van der Waals surface area contributed by atoms with Crippen LogP contribution in [0.2, 0.25) is 0 Å². The van der Waals surface area contributed by atoms with Gasteiger partial charge in [0, 0.05) is 43.3 Å². The number of ether oxygens (including phenoxy) is 1. The second-order valence-corrected chi connectivity index (χ2v) is 11.0. The molecule has 9 nitrogen and oxygen atoms in total. The minimum Gasteiger partial charge on any atom is -0.483 e. The van der Waals surface area contributed by atoms with Crippen molar-refractivity contribution in [3.05, 3.63) is 99.0 Å². The van der Waals surface area contributed by atoms with Gasteiger partial charge in [0.05, 0.1) is 14.5 Å². The van der Waals surface area contributed by atoms with Gasteiger partial charge in [-0.15, -0.1) is 0 Å². The van der Waals surface area contributed by atoms with Crippen LogP contribution < -0.4 is 15.5 Å². The van der Waals surface area contributed by atoms with Crippen LogP contribution in [0.25, 0.3) is 0 Å². The molecule has 0 radical (unpaired) electrons. The van der Waals surface area contributed by atoms with Gasteiger partial charge in [-0.3, -0.25) is 14.4 Å². The van der Waals surface area contributed by atoms with E-state index in [0.717, 1.165) is 17.8 Å². The van der Waals surface area contributed by atoms with Crippen molar-refractivity contribution in [2.24, 2.45) is 5.16 Å². The summed E-state index contributed by atoms with van der Waals surface area (Å²) in [6.45, 7) is 1.07. The highest BCUT2D eigenvalue weighted by Gasteiger charge is 2.53. The number of benzene rings is 2. The summed E-state index contributed by atoms with van der Waals surface area (Å²) in [5.74, 6) is -4.11. The lowest BCUT2D eigenvalue weighted by atomic mass is 9.84. The first-order valence-corrected chi connectivity index (χ1v) is 13.7. The summed E-state index contributed by atoms with van der Waals surface area (Å²) in [6.07, 6.45) is 2.84. The third kappa shape index (κ3) is 4.82. The Morgan fingerprint density at radius 2 is 2.02 bits per heavy atom. The average molecular weight is 580 g/mol. The molecule has 1 saturated heterocycles. The van der Waals surface area contributed by atoms with Crippen molar-refractivity contribution in [1.82, 2.24) is 14.8 Å². The Hall–Kier alpha value is -4.54. The molecule has 0 saturated carbocycles. The van der Waals surface area contributed by atoms with Crippen LogP contribution in [0, 0.1) is 11.6 Å². The summed E-state index contributed by atoms with van der Waals surface area (Å²) in [6, 6.07) is 10.4. The lowest BCUT2D eigenvalue weighted by Gasteiger charge is -2.42. The maximum atomic E-state index is 14.5. The topological polar surface area (TPSA) is 102 Å². The predicted octanol–water partition coefficient (Wildman–Crippen LogP) is 4.35. The quantitative estimate of drug-likeness (QED) is 0.438. The van der Waals surface area contributed by atoms with Gasteiger partial charge < -0.3 is 24.4 Å². The van der Waals surface area contributed by atoms with E-state index in [9.17, 15) is 23.2 Å². The average Bonchev–Trinajstić information content (AvgIpc) is 3.31. The zero-order valence-electron chi connectivity index (χ0n) is 25.0. The highest BCUT2D eigenvalue weighted by atomic mass is 19.1. The fourth-order valence-electron chi connectivity index (χ4n) is 5.92. The Kier molecular flexibility index (Phi) is 6.42. The Morgan fingerprint density at radius 1 is 1.24 bits per heavy atom. The Morgan fingerprint density at radius 3 is 2.74 bits per heavy atom. The summed E-state index contributed by atoms with van der Waals surface area (Å²) < 4.78 is 52.2. The monoisotopic (exact) mass is 579 g/mol. The molecule has 4 heterocycles. The van der Waals surface area contributed by atoms with Crippen molar-refractivity contribution in [2.75, 3.05) is 6.54 Å². The minimum atomic E-state index is -2.82. The number of carbonyl (C=O) groups excluding carboxylic acids is 2. The number of halogens is 2. The maximum absolute atomic E-state index is 14.5. The zero-order valence-corrected chi connectivity index (χ0v) is 23.0. The van der Waals surface area contributed by atoms with Gasteiger partial charge in [0.2, 0.25) is 5.43 Å². The summed E-state index contributed by atoms with van der Waals surface area (Å²) >= 11 is 0. The second kappa shape index (κ2) is 10.7. The summed E-state index contributed by atoms with van der Waals surface area (Å²) in [4.78, 5) is 49.3. The van der Waals surface area contributed by atoms with Crippen molar-refractivity contribution in [2.45, 2.75) is 63.9 Å². The van der Waals surface area contributed by atoms with Crippen molar-refractivity contribution < 1.29 is 30.7 Å². The van der Waals surface area contributed by atoms with Crippen LogP contribution in [0.15, 0.2) is 64.7 Å². The van der Waals surface area contributed by atoms with Crippen LogP contribution in [0.5, 0.6) is 5.75 Å². The Labute approximate surface area is 243 Å². The number of fused-ring (bicyclic) bond motifs is 5. The molecule has 6 rings (SSSR count). The normalized spacial score (nSPS) is 23.8. The van der Waals surface area contributed by atoms with E-state index in [0.29, 0.717) is 30.9 Å². The number of carbonyl (C=O) groups is 2. The molecule has 0 aliphatic carbocycles. The molecule has 218 valence electrons.